The summed E-state index contributed by atoms with van der Waals surface area (Å²) in [6, 6.07) is 11.4. The third-order valence-electron chi connectivity index (χ3n) is 7.13. The lowest BCUT2D eigenvalue weighted by atomic mass is 9.84. The molecule has 1 heterocycles. The third kappa shape index (κ3) is 3.16. The molecule has 2 aliphatic carbocycles. The molecule has 31 heavy (non-hydrogen) atoms. The van der Waals surface area contributed by atoms with E-state index < -0.39 is 5.60 Å². The Morgan fingerprint density at radius 3 is 2.84 bits per heavy atom. The molecule has 2 saturated carbocycles. The number of Topliss-reactive ketones (excluding diaryl/α,β-unsaturated/α-hetero) is 1. The summed E-state index contributed by atoms with van der Waals surface area (Å²) in [5, 5.41) is 3.06. The lowest BCUT2D eigenvalue weighted by Crippen LogP contribution is -2.44. The Morgan fingerprint density at radius 2 is 2.06 bits per heavy atom. The predicted molar refractivity (Wildman–Crippen MR) is 115 cm³/mol. The number of amides is 1. The summed E-state index contributed by atoms with van der Waals surface area (Å²) in [6.45, 7) is 2.34. The molecule has 1 amide bonds. The highest BCUT2D eigenvalue weighted by atomic mass is 16.5. The van der Waals surface area contributed by atoms with Gasteiger partial charge in [0, 0.05) is 23.9 Å². The first-order valence-electron chi connectivity index (χ1n) is 10.8. The van der Waals surface area contributed by atoms with Gasteiger partial charge in [0.1, 0.15) is 11.4 Å². The summed E-state index contributed by atoms with van der Waals surface area (Å²) in [5.74, 6) is 2.35. The van der Waals surface area contributed by atoms with Gasteiger partial charge in [-0.25, -0.2) is 0 Å². The van der Waals surface area contributed by atoms with Gasteiger partial charge < -0.3 is 19.5 Å². The highest BCUT2D eigenvalue weighted by molar-refractivity contribution is 6.01. The molecule has 2 aromatic carbocycles. The first-order chi connectivity index (χ1) is 15.0. The van der Waals surface area contributed by atoms with Crippen molar-refractivity contribution >= 4 is 11.7 Å². The first-order valence-corrected chi connectivity index (χ1v) is 10.8. The number of benzene rings is 2. The van der Waals surface area contributed by atoms with Gasteiger partial charge in [0.2, 0.25) is 5.91 Å². The number of rotatable bonds is 5. The summed E-state index contributed by atoms with van der Waals surface area (Å²) in [7, 11) is 3.19. The van der Waals surface area contributed by atoms with Crippen molar-refractivity contribution in [2.45, 2.75) is 38.3 Å². The topological polar surface area (TPSA) is 73.9 Å². The summed E-state index contributed by atoms with van der Waals surface area (Å²) >= 11 is 0. The van der Waals surface area contributed by atoms with Gasteiger partial charge in [-0.05, 0) is 43.9 Å². The van der Waals surface area contributed by atoms with E-state index >= 15 is 0 Å². The second kappa shape index (κ2) is 7.29. The molecule has 2 aromatic rings. The predicted octanol–water partition coefficient (Wildman–Crippen LogP) is 3.69. The van der Waals surface area contributed by atoms with Crippen LogP contribution in [0.25, 0.3) is 0 Å². The fourth-order valence-electron chi connectivity index (χ4n) is 5.68. The molecule has 0 unspecified atom stereocenters. The van der Waals surface area contributed by atoms with Gasteiger partial charge >= 0.3 is 0 Å². The van der Waals surface area contributed by atoms with Crippen molar-refractivity contribution in [3.63, 3.8) is 0 Å². The Bertz CT molecular complexity index is 1060. The molecule has 4 atom stereocenters. The number of ether oxygens (including phenoxy) is 3. The highest BCUT2D eigenvalue weighted by Crippen LogP contribution is 2.65. The number of nitrogens with one attached hydrogen (secondary N) is 1. The summed E-state index contributed by atoms with van der Waals surface area (Å²) in [6.07, 6.45) is 2.10. The van der Waals surface area contributed by atoms with Gasteiger partial charge in [-0.2, -0.15) is 0 Å². The minimum absolute atomic E-state index is 0.0182. The molecule has 2 fully saturated rings. The zero-order valence-corrected chi connectivity index (χ0v) is 18.1. The molecule has 5 rings (SSSR count). The van der Waals surface area contributed by atoms with E-state index in [4.69, 9.17) is 14.2 Å². The first kappa shape index (κ1) is 19.9. The van der Waals surface area contributed by atoms with Crippen molar-refractivity contribution in [2.24, 2.45) is 17.8 Å². The lowest BCUT2D eigenvalue weighted by molar-refractivity contribution is -0.124. The molecule has 6 heteroatoms. The van der Waals surface area contributed by atoms with Crippen LogP contribution in [0, 0.1) is 24.7 Å². The van der Waals surface area contributed by atoms with E-state index in [1.807, 2.05) is 43.3 Å². The number of fused-ring (bicyclic) bond motifs is 3. The number of ketones is 1. The number of carbonyl (C=O) groups excluding carboxylic acids is 2. The molecular weight excluding hydrogens is 394 g/mol. The molecule has 0 radical (unpaired) electrons. The maximum absolute atomic E-state index is 13.0. The van der Waals surface area contributed by atoms with Crippen LogP contribution < -0.4 is 19.5 Å². The Labute approximate surface area is 181 Å². The standard InChI is InChI=1S/C25H27NO5/c1-14-7-8-19-17(11-14)18(27)12-25(31-19)10-9-16-21(22(16)25)24(28)26-13-15-5-4-6-20(29-2)23(15)30-3/h4-8,11,16,21-22H,9-10,12-13H2,1-3H3,(H,26,28)/t16-,21+,22+,25-/m0/s1. The minimum atomic E-state index is -0.542. The molecule has 1 N–H and O–H groups in total. The normalized spacial score (nSPS) is 27.8. The van der Waals surface area contributed by atoms with E-state index in [-0.39, 0.29) is 29.4 Å². The van der Waals surface area contributed by atoms with E-state index in [2.05, 4.69) is 5.32 Å². The molecule has 6 nitrogen and oxygen atoms in total. The van der Waals surface area contributed by atoms with Gasteiger partial charge in [-0.15, -0.1) is 0 Å². The number of hydrogen-bond acceptors (Lipinski definition) is 5. The van der Waals surface area contributed by atoms with Crippen LogP contribution in [0.1, 0.15) is 40.7 Å². The lowest BCUT2D eigenvalue weighted by Gasteiger charge is -2.37. The maximum Gasteiger partial charge on any atom is 0.224 e. The fraction of sp³-hybridized carbons (Fsp3) is 0.440. The second-order valence-electron chi connectivity index (χ2n) is 8.89. The fourth-order valence-corrected chi connectivity index (χ4v) is 5.68. The zero-order chi connectivity index (χ0) is 21.8. The number of hydrogen-bond donors (Lipinski definition) is 1. The zero-order valence-electron chi connectivity index (χ0n) is 18.1. The van der Waals surface area contributed by atoms with Crippen LogP contribution in [0.4, 0.5) is 0 Å². The molecule has 162 valence electrons. The van der Waals surface area contributed by atoms with Gasteiger partial charge in [0.25, 0.3) is 0 Å². The third-order valence-corrected chi connectivity index (χ3v) is 7.13. The van der Waals surface area contributed by atoms with Gasteiger partial charge in [0.05, 0.1) is 26.2 Å². The molecule has 0 saturated heterocycles. The number of methoxy groups -OCH3 is 2. The van der Waals surface area contributed by atoms with Crippen LogP contribution >= 0.6 is 0 Å². The van der Waals surface area contributed by atoms with Crippen molar-refractivity contribution < 1.29 is 23.8 Å². The smallest absolute Gasteiger partial charge is 0.224 e. The molecular formula is C25H27NO5. The molecule has 3 aliphatic rings. The van der Waals surface area contributed by atoms with Gasteiger partial charge in [0.15, 0.2) is 17.3 Å². The average Bonchev–Trinajstić information content (AvgIpc) is 3.42. The van der Waals surface area contributed by atoms with Crippen molar-refractivity contribution in [3.8, 4) is 17.2 Å². The summed E-state index contributed by atoms with van der Waals surface area (Å²) < 4.78 is 17.2. The molecule has 0 bridgehead atoms. The SMILES string of the molecule is COc1cccc(CNC(=O)[C@@H]2[C@@H]3CC[C@]4(CC(=O)c5cc(C)ccc5O4)[C@H]32)c1OC. The minimum Gasteiger partial charge on any atom is -0.493 e. The Morgan fingerprint density at radius 1 is 1.23 bits per heavy atom. The Balaban J connectivity index is 1.30. The Kier molecular flexibility index (Phi) is 4.68. The van der Waals surface area contributed by atoms with E-state index in [9.17, 15) is 9.59 Å². The van der Waals surface area contributed by atoms with Crippen molar-refractivity contribution in [2.75, 3.05) is 14.2 Å². The number of aryl methyl sites for hydroxylation is 1. The van der Waals surface area contributed by atoms with Crippen molar-refractivity contribution in [1.82, 2.24) is 5.32 Å². The molecule has 1 spiro atoms. The second-order valence-corrected chi connectivity index (χ2v) is 8.89. The summed E-state index contributed by atoms with van der Waals surface area (Å²) in [5.41, 5.74) is 2.04. The van der Waals surface area contributed by atoms with Crippen LogP contribution in [0.5, 0.6) is 17.2 Å². The Hall–Kier alpha value is -3.02. The van der Waals surface area contributed by atoms with Gasteiger partial charge in [-0.3, -0.25) is 9.59 Å². The van der Waals surface area contributed by atoms with E-state index in [0.29, 0.717) is 35.8 Å². The van der Waals surface area contributed by atoms with Crippen LogP contribution in [0.2, 0.25) is 0 Å². The van der Waals surface area contributed by atoms with Crippen molar-refractivity contribution in [1.29, 1.82) is 0 Å². The van der Waals surface area contributed by atoms with Crippen LogP contribution in [0.15, 0.2) is 36.4 Å². The monoisotopic (exact) mass is 421 g/mol. The molecule has 1 aliphatic heterocycles. The van der Waals surface area contributed by atoms with Crippen LogP contribution in [-0.2, 0) is 11.3 Å². The van der Waals surface area contributed by atoms with E-state index in [0.717, 1.165) is 24.0 Å². The average molecular weight is 421 g/mol. The largest absolute Gasteiger partial charge is 0.493 e. The maximum atomic E-state index is 13.0. The quantitative estimate of drug-likeness (QED) is 0.797. The molecule has 0 aromatic heterocycles. The van der Waals surface area contributed by atoms with Gasteiger partial charge in [-0.1, -0.05) is 23.8 Å². The van der Waals surface area contributed by atoms with E-state index in [1.165, 1.54) is 0 Å². The van der Waals surface area contributed by atoms with E-state index in [1.54, 1.807) is 14.2 Å². The summed E-state index contributed by atoms with van der Waals surface area (Å²) in [4.78, 5) is 25.9. The van der Waals surface area contributed by atoms with Crippen molar-refractivity contribution in [3.05, 3.63) is 53.1 Å². The van der Waals surface area contributed by atoms with Crippen LogP contribution in [-0.4, -0.2) is 31.5 Å². The highest BCUT2D eigenvalue weighted by Gasteiger charge is 2.70. The number of carbonyl (C=O) groups is 2. The van der Waals surface area contributed by atoms with Crippen LogP contribution in [0.3, 0.4) is 0 Å². The number of para-hydroxylation sites is 1.